The lowest BCUT2D eigenvalue weighted by Gasteiger charge is -2.28. The van der Waals surface area contributed by atoms with Crippen LogP contribution in [0.3, 0.4) is 0 Å². The Bertz CT molecular complexity index is 1240. The van der Waals surface area contributed by atoms with E-state index < -0.39 is 23.7 Å². The third kappa shape index (κ3) is 3.67. The second kappa shape index (κ2) is 8.82. The van der Waals surface area contributed by atoms with E-state index >= 15 is 0 Å². The lowest BCUT2D eigenvalue weighted by Crippen LogP contribution is -2.36. The summed E-state index contributed by atoms with van der Waals surface area (Å²) in [4.78, 5) is 12.7. The largest absolute Gasteiger partial charge is 0.550 e. The lowest BCUT2D eigenvalue weighted by atomic mass is 9.79. The topological polar surface area (TPSA) is 97.3 Å². The summed E-state index contributed by atoms with van der Waals surface area (Å²) in [7, 11) is 1.51. The molecule has 3 unspecified atom stereocenters. The zero-order valence-electron chi connectivity index (χ0n) is 18.9. The molecule has 1 heterocycles. The fraction of sp³-hybridized carbons (Fsp3) is 0.296. The first kappa shape index (κ1) is 21.9. The van der Waals surface area contributed by atoms with Crippen molar-refractivity contribution >= 4 is 5.97 Å². The maximum Gasteiger partial charge on any atom is 0.231 e. The van der Waals surface area contributed by atoms with E-state index in [-0.39, 0.29) is 12.5 Å². The second-order valence-electron chi connectivity index (χ2n) is 8.48. The number of phenolic OH excluding ortho intramolecular Hbond substituents is 1. The van der Waals surface area contributed by atoms with Gasteiger partial charge in [-0.2, -0.15) is 0 Å². The highest BCUT2D eigenvalue weighted by Gasteiger charge is 2.44. The van der Waals surface area contributed by atoms with Gasteiger partial charge in [-0.1, -0.05) is 25.1 Å². The molecule has 5 rings (SSSR count). The molecule has 1 aliphatic carbocycles. The van der Waals surface area contributed by atoms with Crippen LogP contribution in [0, 0.1) is 5.92 Å². The predicted molar refractivity (Wildman–Crippen MR) is 122 cm³/mol. The van der Waals surface area contributed by atoms with E-state index in [1.807, 2.05) is 37.3 Å². The number of carboxylic acids is 1. The number of fused-ring (bicyclic) bond motifs is 2. The number of rotatable bonds is 7. The SMILES string of the molecule is CCCOc1ccc2c(c1)C(c1ccc(OC)cc1O)C(C(=O)[O-])C2c1ccc2c(c1)OCO2. The van der Waals surface area contributed by atoms with E-state index in [1.54, 1.807) is 18.2 Å². The number of hydrogen-bond acceptors (Lipinski definition) is 7. The average Bonchev–Trinajstić information content (AvgIpc) is 3.44. The highest BCUT2D eigenvalue weighted by atomic mass is 16.7. The minimum atomic E-state index is -1.20. The third-order valence-corrected chi connectivity index (χ3v) is 6.52. The summed E-state index contributed by atoms with van der Waals surface area (Å²) >= 11 is 0. The highest BCUT2D eigenvalue weighted by molar-refractivity contribution is 5.77. The van der Waals surface area contributed by atoms with Crippen molar-refractivity contribution in [2.45, 2.75) is 25.2 Å². The molecule has 1 N–H and O–H groups in total. The number of carbonyl (C=O) groups is 1. The van der Waals surface area contributed by atoms with Gasteiger partial charge in [0.25, 0.3) is 0 Å². The number of hydrogen-bond donors (Lipinski definition) is 1. The van der Waals surface area contributed by atoms with Gasteiger partial charge in [-0.15, -0.1) is 0 Å². The second-order valence-corrected chi connectivity index (χ2v) is 8.48. The molecular weight excluding hydrogens is 436 g/mol. The number of benzene rings is 3. The van der Waals surface area contributed by atoms with Crippen LogP contribution in [0.2, 0.25) is 0 Å². The molecule has 176 valence electrons. The van der Waals surface area contributed by atoms with E-state index in [1.165, 1.54) is 13.2 Å². The number of aliphatic carboxylic acids is 1. The summed E-state index contributed by atoms with van der Waals surface area (Å²) in [6.45, 7) is 2.70. The number of carboxylic acid groups (broad SMARTS) is 1. The van der Waals surface area contributed by atoms with Crippen LogP contribution < -0.4 is 24.1 Å². The third-order valence-electron chi connectivity index (χ3n) is 6.52. The summed E-state index contributed by atoms with van der Waals surface area (Å²) in [5.41, 5.74) is 2.90. The van der Waals surface area contributed by atoms with Gasteiger partial charge in [-0.25, -0.2) is 0 Å². The van der Waals surface area contributed by atoms with Gasteiger partial charge in [-0.05, 0) is 53.4 Å². The predicted octanol–water partition coefficient (Wildman–Crippen LogP) is 3.56. The minimum absolute atomic E-state index is 0.0345. The summed E-state index contributed by atoms with van der Waals surface area (Å²) in [5, 5.41) is 23.5. The number of phenols is 1. The van der Waals surface area contributed by atoms with Crippen LogP contribution in [0.5, 0.6) is 28.7 Å². The number of aromatic hydroxyl groups is 1. The molecule has 7 nitrogen and oxygen atoms in total. The maximum absolute atomic E-state index is 12.7. The normalized spacial score (nSPS) is 20.1. The Kier molecular flexibility index (Phi) is 5.69. The molecular formula is C27H25O7-. The van der Waals surface area contributed by atoms with E-state index in [0.29, 0.717) is 35.2 Å². The summed E-state index contributed by atoms with van der Waals surface area (Å²) < 4.78 is 22.0. The summed E-state index contributed by atoms with van der Waals surface area (Å²) in [6, 6.07) is 16.0. The number of methoxy groups -OCH3 is 1. The number of ether oxygens (including phenoxy) is 4. The van der Waals surface area contributed by atoms with Gasteiger partial charge in [0, 0.05) is 35.4 Å². The van der Waals surface area contributed by atoms with Crippen molar-refractivity contribution in [2.24, 2.45) is 5.92 Å². The smallest absolute Gasteiger partial charge is 0.231 e. The van der Waals surface area contributed by atoms with Crippen molar-refractivity contribution < 1.29 is 34.0 Å². The van der Waals surface area contributed by atoms with E-state index in [4.69, 9.17) is 18.9 Å². The highest BCUT2D eigenvalue weighted by Crippen LogP contribution is 2.55. The molecule has 3 aromatic rings. The fourth-order valence-corrected chi connectivity index (χ4v) is 5.03. The Morgan fingerprint density at radius 3 is 2.47 bits per heavy atom. The van der Waals surface area contributed by atoms with Gasteiger partial charge < -0.3 is 34.0 Å². The van der Waals surface area contributed by atoms with Crippen molar-refractivity contribution in [1.29, 1.82) is 0 Å². The van der Waals surface area contributed by atoms with Crippen molar-refractivity contribution in [2.75, 3.05) is 20.5 Å². The molecule has 0 amide bonds. The Balaban J connectivity index is 1.68. The molecule has 2 aliphatic rings. The summed E-state index contributed by atoms with van der Waals surface area (Å²) in [5.74, 6) is -1.01. The monoisotopic (exact) mass is 461 g/mol. The molecule has 34 heavy (non-hydrogen) atoms. The molecule has 0 aromatic heterocycles. The van der Waals surface area contributed by atoms with Crippen LogP contribution in [0.25, 0.3) is 0 Å². The van der Waals surface area contributed by atoms with Gasteiger partial charge in [-0.3, -0.25) is 0 Å². The van der Waals surface area contributed by atoms with Crippen LogP contribution in [-0.2, 0) is 4.79 Å². The Morgan fingerprint density at radius 2 is 1.74 bits per heavy atom. The fourth-order valence-electron chi connectivity index (χ4n) is 5.03. The molecule has 0 spiro atoms. The Hall–Kier alpha value is -3.87. The van der Waals surface area contributed by atoms with Crippen molar-refractivity contribution in [3.63, 3.8) is 0 Å². The van der Waals surface area contributed by atoms with Crippen molar-refractivity contribution in [3.8, 4) is 28.7 Å². The quantitative estimate of drug-likeness (QED) is 0.575. The Morgan fingerprint density at radius 1 is 0.971 bits per heavy atom. The zero-order chi connectivity index (χ0) is 23.8. The molecule has 0 fully saturated rings. The maximum atomic E-state index is 12.7. The average molecular weight is 461 g/mol. The van der Waals surface area contributed by atoms with Gasteiger partial charge in [0.05, 0.1) is 13.7 Å². The van der Waals surface area contributed by atoms with Crippen LogP contribution in [0.4, 0.5) is 0 Å². The number of carbonyl (C=O) groups excluding carboxylic acids is 1. The Labute approximate surface area is 197 Å². The molecule has 0 saturated heterocycles. The van der Waals surface area contributed by atoms with Crippen LogP contribution in [0.1, 0.15) is 47.4 Å². The molecule has 7 heteroatoms. The molecule has 3 aromatic carbocycles. The first-order valence-corrected chi connectivity index (χ1v) is 11.3. The van der Waals surface area contributed by atoms with Gasteiger partial charge in [0.2, 0.25) is 6.79 Å². The molecule has 0 saturated carbocycles. The van der Waals surface area contributed by atoms with Crippen LogP contribution in [-0.4, -0.2) is 31.6 Å². The summed E-state index contributed by atoms with van der Waals surface area (Å²) in [6.07, 6.45) is 0.848. The minimum Gasteiger partial charge on any atom is -0.550 e. The first-order valence-electron chi connectivity index (χ1n) is 11.3. The van der Waals surface area contributed by atoms with Gasteiger partial charge in [0.15, 0.2) is 11.5 Å². The van der Waals surface area contributed by atoms with E-state index in [2.05, 4.69) is 0 Å². The van der Waals surface area contributed by atoms with Gasteiger partial charge >= 0.3 is 0 Å². The molecule has 0 bridgehead atoms. The van der Waals surface area contributed by atoms with E-state index in [0.717, 1.165) is 23.1 Å². The van der Waals surface area contributed by atoms with Crippen LogP contribution in [0.15, 0.2) is 54.6 Å². The van der Waals surface area contributed by atoms with E-state index in [9.17, 15) is 15.0 Å². The lowest BCUT2D eigenvalue weighted by molar-refractivity contribution is -0.312. The van der Waals surface area contributed by atoms with Gasteiger partial charge in [0.1, 0.15) is 17.2 Å². The van der Waals surface area contributed by atoms with Crippen molar-refractivity contribution in [1.82, 2.24) is 0 Å². The standard InChI is InChI=1S/C27H26O7/c1-3-10-32-17-6-7-18-20(12-17)25(19-8-5-16(31-2)13-21(19)28)26(27(29)30)24(18)15-4-9-22-23(11-15)34-14-33-22/h4-9,11-13,24-26,28H,3,10,14H2,1-2H3,(H,29,30)/p-1. The first-order chi connectivity index (χ1) is 16.5. The molecule has 1 aliphatic heterocycles. The van der Waals surface area contributed by atoms with Crippen LogP contribution >= 0.6 is 0 Å². The molecule has 3 atom stereocenters. The zero-order valence-corrected chi connectivity index (χ0v) is 18.9. The van der Waals surface area contributed by atoms with Crippen molar-refractivity contribution in [3.05, 3.63) is 76.9 Å². The molecule has 0 radical (unpaired) electrons.